The summed E-state index contributed by atoms with van der Waals surface area (Å²) in [4.78, 5) is 12.7. The van der Waals surface area contributed by atoms with Gasteiger partial charge in [0.1, 0.15) is 5.69 Å². The number of halogens is 1. The summed E-state index contributed by atoms with van der Waals surface area (Å²) in [5.41, 5.74) is 0.704. The first-order chi connectivity index (χ1) is 8.63. The van der Waals surface area contributed by atoms with Gasteiger partial charge in [-0.05, 0) is 25.0 Å². The third-order valence-electron chi connectivity index (χ3n) is 2.90. The van der Waals surface area contributed by atoms with E-state index in [-0.39, 0.29) is 10.6 Å². The first-order valence-electron chi connectivity index (χ1n) is 5.71. The zero-order chi connectivity index (χ0) is 13.1. The van der Waals surface area contributed by atoms with Gasteiger partial charge in [-0.25, -0.2) is 0 Å². The van der Waals surface area contributed by atoms with Crippen LogP contribution in [0.15, 0.2) is 22.7 Å². The second kappa shape index (κ2) is 5.36. The maximum atomic E-state index is 11.1. The summed E-state index contributed by atoms with van der Waals surface area (Å²) in [6.45, 7) is 0.545. The molecular weight excluding hydrogens is 298 g/mol. The Hall–Kier alpha value is -1.61. The van der Waals surface area contributed by atoms with Gasteiger partial charge in [0.05, 0.1) is 17.4 Å². The molecule has 94 valence electrons. The molecule has 1 aromatic rings. The summed E-state index contributed by atoms with van der Waals surface area (Å²) in [6.07, 6.45) is 2.46. The lowest BCUT2D eigenvalue weighted by molar-refractivity contribution is -0.384. The van der Waals surface area contributed by atoms with Gasteiger partial charge in [-0.1, -0.05) is 15.9 Å². The van der Waals surface area contributed by atoms with Crippen molar-refractivity contribution in [2.75, 3.05) is 11.4 Å². The highest BCUT2D eigenvalue weighted by molar-refractivity contribution is 9.10. The number of nitrogens with zero attached hydrogens (tertiary/aromatic N) is 3. The minimum atomic E-state index is -0.373. The maximum absolute atomic E-state index is 11.1. The van der Waals surface area contributed by atoms with Crippen LogP contribution in [0.2, 0.25) is 0 Å². The van der Waals surface area contributed by atoms with Crippen LogP contribution in [0, 0.1) is 21.4 Å². The molecule has 0 saturated heterocycles. The van der Waals surface area contributed by atoms with Crippen molar-refractivity contribution in [1.29, 1.82) is 5.26 Å². The Bertz CT molecular complexity index is 509. The lowest BCUT2D eigenvalue weighted by Gasteiger charge is -2.23. The van der Waals surface area contributed by atoms with Gasteiger partial charge in [-0.2, -0.15) is 5.26 Å². The topological polar surface area (TPSA) is 70.2 Å². The monoisotopic (exact) mass is 309 g/mol. The van der Waals surface area contributed by atoms with Crippen molar-refractivity contribution >= 4 is 27.3 Å². The second-order valence-corrected chi connectivity index (χ2v) is 5.14. The third-order valence-corrected chi connectivity index (χ3v) is 3.39. The van der Waals surface area contributed by atoms with Crippen molar-refractivity contribution in [1.82, 2.24) is 0 Å². The summed E-state index contributed by atoms with van der Waals surface area (Å²) in [7, 11) is 0. The molecule has 0 unspecified atom stereocenters. The summed E-state index contributed by atoms with van der Waals surface area (Å²) in [5, 5.41) is 19.8. The molecule has 0 N–H and O–H groups in total. The third kappa shape index (κ3) is 2.79. The minimum absolute atomic E-state index is 0.0919. The lowest BCUT2D eigenvalue weighted by atomic mass is 10.2. The van der Waals surface area contributed by atoms with Crippen molar-refractivity contribution in [3.8, 4) is 6.07 Å². The van der Waals surface area contributed by atoms with Crippen LogP contribution in [0.5, 0.6) is 0 Å². The van der Waals surface area contributed by atoms with Crippen LogP contribution in [0.1, 0.15) is 19.3 Å². The van der Waals surface area contributed by atoms with E-state index in [0.717, 1.165) is 12.8 Å². The fourth-order valence-corrected chi connectivity index (χ4v) is 2.29. The zero-order valence-electron chi connectivity index (χ0n) is 9.67. The number of rotatable bonds is 5. The average Bonchev–Trinajstić information content (AvgIpc) is 3.15. The van der Waals surface area contributed by atoms with Crippen LogP contribution in [-0.4, -0.2) is 17.5 Å². The molecule has 5 nitrogen and oxygen atoms in total. The second-order valence-electron chi connectivity index (χ2n) is 4.22. The number of anilines is 1. The first kappa shape index (κ1) is 12.8. The van der Waals surface area contributed by atoms with E-state index in [1.54, 1.807) is 12.1 Å². The number of nitro groups is 1. The van der Waals surface area contributed by atoms with Gasteiger partial charge in [-0.3, -0.25) is 10.1 Å². The van der Waals surface area contributed by atoms with E-state index < -0.39 is 0 Å². The van der Waals surface area contributed by atoms with Gasteiger partial charge in [0.2, 0.25) is 0 Å². The highest BCUT2D eigenvalue weighted by atomic mass is 79.9. The predicted molar refractivity (Wildman–Crippen MR) is 71.4 cm³/mol. The Balaban J connectivity index is 2.34. The largest absolute Gasteiger partial charge is 0.362 e. The molecule has 1 fully saturated rings. The van der Waals surface area contributed by atoms with Crippen LogP contribution in [0.3, 0.4) is 0 Å². The molecule has 0 bridgehead atoms. The Kier molecular flexibility index (Phi) is 3.82. The van der Waals surface area contributed by atoms with E-state index >= 15 is 0 Å². The standard InChI is InChI=1S/C12H12BrN3O2/c13-9-2-5-11(12(8-9)16(17)18)15(7-1-6-14)10-3-4-10/h2,5,8,10H,1,3-4,7H2. The van der Waals surface area contributed by atoms with E-state index in [1.807, 2.05) is 4.90 Å². The molecular formula is C12H12BrN3O2. The SMILES string of the molecule is N#CCCN(c1ccc(Br)cc1[N+](=O)[O-])C1CC1. The summed E-state index contributed by atoms with van der Waals surface area (Å²) < 4.78 is 0.689. The molecule has 1 aliphatic rings. The fourth-order valence-electron chi connectivity index (χ4n) is 1.94. The molecule has 6 heteroatoms. The predicted octanol–water partition coefficient (Wildman–Crippen LogP) is 3.24. The lowest BCUT2D eigenvalue weighted by Crippen LogP contribution is -2.27. The number of nitriles is 1. The van der Waals surface area contributed by atoms with Gasteiger partial charge in [0, 0.05) is 23.1 Å². The molecule has 0 radical (unpaired) electrons. The van der Waals surface area contributed by atoms with E-state index in [2.05, 4.69) is 22.0 Å². The summed E-state index contributed by atoms with van der Waals surface area (Å²) in [5.74, 6) is 0. The molecule has 18 heavy (non-hydrogen) atoms. The molecule has 1 saturated carbocycles. The van der Waals surface area contributed by atoms with Crippen LogP contribution in [-0.2, 0) is 0 Å². The number of hydrogen-bond acceptors (Lipinski definition) is 4. The summed E-state index contributed by atoms with van der Waals surface area (Å²) in [6, 6.07) is 7.49. The summed E-state index contributed by atoms with van der Waals surface area (Å²) >= 11 is 3.24. The quantitative estimate of drug-likeness (QED) is 0.618. The highest BCUT2D eigenvalue weighted by Crippen LogP contribution is 2.38. The molecule has 0 heterocycles. The van der Waals surface area contributed by atoms with Crippen LogP contribution >= 0.6 is 15.9 Å². The first-order valence-corrected chi connectivity index (χ1v) is 6.50. The molecule has 0 amide bonds. The molecule has 1 aromatic carbocycles. The molecule has 0 spiro atoms. The van der Waals surface area contributed by atoms with Gasteiger partial charge < -0.3 is 4.90 Å². The Labute approximate surface area is 113 Å². The van der Waals surface area contributed by atoms with Gasteiger partial charge >= 0.3 is 0 Å². The van der Waals surface area contributed by atoms with Crippen molar-refractivity contribution < 1.29 is 4.92 Å². The molecule has 0 atom stereocenters. The van der Waals surface area contributed by atoms with Crippen molar-refractivity contribution in [3.05, 3.63) is 32.8 Å². The number of nitro benzene ring substituents is 1. The molecule has 0 aliphatic heterocycles. The average molecular weight is 310 g/mol. The minimum Gasteiger partial charge on any atom is -0.362 e. The smallest absolute Gasteiger partial charge is 0.293 e. The van der Waals surface area contributed by atoms with Crippen molar-refractivity contribution in [2.24, 2.45) is 0 Å². The highest BCUT2D eigenvalue weighted by Gasteiger charge is 2.32. The zero-order valence-corrected chi connectivity index (χ0v) is 11.3. The molecule has 1 aliphatic carbocycles. The van der Waals surface area contributed by atoms with E-state index in [0.29, 0.717) is 29.2 Å². The fraction of sp³-hybridized carbons (Fsp3) is 0.417. The Morgan fingerprint density at radius 3 is 2.83 bits per heavy atom. The number of benzene rings is 1. The van der Waals surface area contributed by atoms with E-state index in [1.165, 1.54) is 6.07 Å². The van der Waals surface area contributed by atoms with Gasteiger partial charge in [-0.15, -0.1) is 0 Å². The van der Waals surface area contributed by atoms with Crippen LogP contribution in [0.25, 0.3) is 0 Å². The number of hydrogen-bond donors (Lipinski definition) is 0. The van der Waals surface area contributed by atoms with E-state index in [9.17, 15) is 10.1 Å². The van der Waals surface area contributed by atoms with Gasteiger partial charge in [0.25, 0.3) is 5.69 Å². The molecule has 2 rings (SSSR count). The maximum Gasteiger partial charge on any atom is 0.293 e. The van der Waals surface area contributed by atoms with Crippen LogP contribution < -0.4 is 4.90 Å². The van der Waals surface area contributed by atoms with Crippen molar-refractivity contribution in [2.45, 2.75) is 25.3 Å². The normalized spacial score (nSPS) is 14.0. The van der Waals surface area contributed by atoms with Crippen LogP contribution in [0.4, 0.5) is 11.4 Å². The Morgan fingerprint density at radius 2 is 2.28 bits per heavy atom. The van der Waals surface area contributed by atoms with E-state index in [4.69, 9.17) is 5.26 Å². The van der Waals surface area contributed by atoms with Crippen molar-refractivity contribution in [3.63, 3.8) is 0 Å². The van der Waals surface area contributed by atoms with Gasteiger partial charge in [0.15, 0.2) is 0 Å². The Morgan fingerprint density at radius 1 is 1.56 bits per heavy atom. The molecule has 0 aromatic heterocycles.